The number of thioether (sulfide) groups is 1. The fourth-order valence-corrected chi connectivity index (χ4v) is 3.32. The van der Waals surface area contributed by atoms with E-state index < -0.39 is 6.61 Å². The molecule has 0 bridgehead atoms. The molecule has 0 saturated carbocycles. The summed E-state index contributed by atoms with van der Waals surface area (Å²) in [5.41, 5.74) is 1.58. The van der Waals surface area contributed by atoms with Crippen LogP contribution in [0.1, 0.15) is 5.56 Å². The van der Waals surface area contributed by atoms with Gasteiger partial charge in [-0.05, 0) is 42.0 Å². The van der Waals surface area contributed by atoms with Gasteiger partial charge in [0.05, 0.1) is 5.75 Å². The van der Waals surface area contributed by atoms with Crippen LogP contribution in [0, 0.1) is 0 Å². The smallest absolute Gasteiger partial charge is 0.387 e. The predicted octanol–water partition coefficient (Wildman–Crippen LogP) is 4.85. The van der Waals surface area contributed by atoms with Crippen LogP contribution in [-0.2, 0) is 11.3 Å². The summed E-state index contributed by atoms with van der Waals surface area (Å²) in [5.74, 6) is 0.454. The Morgan fingerprint density at radius 2 is 1.86 bits per heavy atom. The normalized spacial score (nSPS) is 10.9. The van der Waals surface area contributed by atoms with Crippen LogP contribution in [0.15, 0.2) is 62.6 Å². The van der Waals surface area contributed by atoms with E-state index in [1.54, 1.807) is 19.2 Å². The van der Waals surface area contributed by atoms with Gasteiger partial charge in [-0.15, -0.1) is 10.2 Å². The molecule has 152 valence electrons. The molecule has 6 nitrogen and oxygen atoms in total. The lowest BCUT2D eigenvalue weighted by Crippen LogP contribution is -2.27. The molecule has 0 atom stereocenters. The fourth-order valence-electron chi connectivity index (χ4n) is 2.35. The van der Waals surface area contributed by atoms with E-state index in [1.807, 2.05) is 24.3 Å². The molecule has 1 aromatic heterocycles. The number of alkyl halides is 2. The number of ether oxygens (including phenoxy) is 1. The Labute approximate surface area is 178 Å². The van der Waals surface area contributed by atoms with Crippen molar-refractivity contribution in [3.63, 3.8) is 0 Å². The second kappa shape index (κ2) is 9.84. The van der Waals surface area contributed by atoms with Crippen molar-refractivity contribution in [1.82, 2.24) is 15.1 Å². The van der Waals surface area contributed by atoms with E-state index in [2.05, 4.69) is 30.9 Å². The Morgan fingerprint density at radius 1 is 1.17 bits per heavy atom. The predicted molar refractivity (Wildman–Crippen MR) is 108 cm³/mol. The van der Waals surface area contributed by atoms with E-state index in [9.17, 15) is 13.6 Å². The first-order chi connectivity index (χ1) is 13.9. The SMILES string of the molecule is CN(Cc1ccc(OC(F)F)cc1)C(=O)CSc1nnc(-c2ccc(Br)cc2)o1. The van der Waals surface area contributed by atoms with Crippen molar-refractivity contribution in [1.29, 1.82) is 0 Å². The molecule has 0 saturated heterocycles. The van der Waals surface area contributed by atoms with Crippen molar-refractivity contribution >= 4 is 33.6 Å². The lowest BCUT2D eigenvalue weighted by atomic mass is 10.2. The molecule has 0 spiro atoms. The molecule has 0 unspecified atom stereocenters. The van der Waals surface area contributed by atoms with E-state index in [-0.39, 0.29) is 17.4 Å². The van der Waals surface area contributed by atoms with Gasteiger partial charge in [0.1, 0.15) is 5.75 Å². The molecule has 1 heterocycles. The molecule has 3 aromatic rings. The summed E-state index contributed by atoms with van der Waals surface area (Å²) in [6.45, 7) is -2.53. The minimum atomic E-state index is -2.86. The molecule has 1 amide bonds. The molecule has 0 aliphatic rings. The number of carbonyl (C=O) groups excluding carboxylic acids is 1. The Hall–Kier alpha value is -2.46. The first-order valence-corrected chi connectivity index (χ1v) is 10.2. The third kappa shape index (κ3) is 6.26. The highest BCUT2D eigenvalue weighted by Crippen LogP contribution is 2.24. The lowest BCUT2D eigenvalue weighted by Gasteiger charge is -2.17. The molecular weight excluding hydrogens is 468 g/mol. The number of hydrogen-bond donors (Lipinski definition) is 0. The maximum absolute atomic E-state index is 12.3. The van der Waals surface area contributed by atoms with Gasteiger partial charge in [0.25, 0.3) is 5.22 Å². The minimum Gasteiger partial charge on any atom is -0.435 e. The zero-order valence-corrected chi connectivity index (χ0v) is 17.6. The van der Waals surface area contributed by atoms with Crippen LogP contribution in [-0.4, -0.2) is 40.4 Å². The van der Waals surface area contributed by atoms with Crippen LogP contribution in [0.2, 0.25) is 0 Å². The van der Waals surface area contributed by atoms with Crippen molar-refractivity contribution in [3.05, 3.63) is 58.6 Å². The van der Waals surface area contributed by atoms with Gasteiger partial charge < -0.3 is 14.1 Å². The highest BCUT2D eigenvalue weighted by Gasteiger charge is 2.14. The quantitative estimate of drug-likeness (QED) is 0.426. The summed E-state index contributed by atoms with van der Waals surface area (Å²) in [6, 6.07) is 13.6. The topological polar surface area (TPSA) is 68.5 Å². The molecule has 0 radical (unpaired) electrons. The number of amides is 1. The molecule has 0 aliphatic heterocycles. The Kier molecular flexibility index (Phi) is 7.21. The standard InChI is InChI=1S/C19H16BrF2N3O3S/c1-25(10-12-2-8-15(9-3-12)27-18(21)22)16(26)11-29-19-24-23-17(28-19)13-4-6-14(20)7-5-13/h2-9,18H,10-11H2,1H3. The molecule has 10 heteroatoms. The summed E-state index contributed by atoms with van der Waals surface area (Å²) in [7, 11) is 1.66. The molecule has 3 rings (SSSR count). The van der Waals surface area contributed by atoms with Crippen LogP contribution < -0.4 is 4.74 Å². The summed E-state index contributed by atoms with van der Waals surface area (Å²) in [4.78, 5) is 13.9. The minimum absolute atomic E-state index is 0.0752. The summed E-state index contributed by atoms with van der Waals surface area (Å²) < 4.78 is 35.2. The van der Waals surface area contributed by atoms with Gasteiger partial charge >= 0.3 is 6.61 Å². The number of hydrogen-bond acceptors (Lipinski definition) is 6. The van der Waals surface area contributed by atoms with E-state index in [1.165, 1.54) is 17.0 Å². The lowest BCUT2D eigenvalue weighted by molar-refractivity contribution is -0.127. The molecule has 0 fully saturated rings. The number of carbonyl (C=O) groups is 1. The van der Waals surface area contributed by atoms with Crippen molar-refractivity contribution in [2.75, 3.05) is 12.8 Å². The van der Waals surface area contributed by atoms with Crippen molar-refractivity contribution in [2.24, 2.45) is 0 Å². The van der Waals surface area contributed by atoms with Crippen LogP contribution in [0.3, 0.4) is 0 Å². The fraction of sp³-hybridized carbons (Fsp3) is 0.211. The Morgan fingerprint density at radius 3 is 2.52 bits per heavy atom. The van der Waals surface area contributed by atoms with E-state index in [4.69, 9.17) is 4.42 Å². The van der Waals surface area contributed by atoms with E-state index in [0.29, 0.717) is 17.7 Å². The van der Waals surface area contributed by atoms with Crippen molar-refractivity contribution in [2.45, 2.75) is 18.4 Å². The number of benzene rings is 2. The average molecular weight is 484 g/mol. The average Bonchev–Trinajstić information content (AvgIpc) is 3.16. The van der Waals surface area contributed by atoms with Gasteiger partial charge in [-0.25, -0.2) is 0 Å². The summed E-state index contributed by atoms with van der Waals surface area (Å²) >= 11 is 4.52. The van der Waals surface area contributed by atoms with Gasteiger partial charge in [0.15, 0.2) is 0 Å². The van der Waals surface area contributed by atoms with Crippen LogP contribution in [0.25, 0.3) is 11.5 Å². The van der Waals surface area contributed by atoms with Gasteiger partial charge in [-0.2, -0.15) is 8.78 Å². The molecule has 29 heavy (non-hydrogen) atoms. The first kappa shape index (κ1) is 21.3. The van der Waals surface area contributed by atoms with Crippen molar-refractivity contribution in [3.8, 4) is 17.2 Å². The number of nitrogens with zero attached hydrogens (tertiary/aromatic N) is 3. The maximum atomic E-state index is 12.3. The zero-order chi connectivity index (χ0) is 20.8. The van der Waals surface area contributed by atoms with Gasteiger partial charge in [0, 0.05) is 23.6 Å². The maximum Gasteiger partial charge on any atom is 0.387 e. The molecular formula is C19H16BrF2N3O3S. The first-order valence-electron chi connectivity index (χ1n) is 8.40. The molecule has 0 N–H and O–H groups in total. The molecule has 0 aliphatic carbocycles. The Bertz CT molecular complexity index is 952. The van der Waals surface area contributed by atoms with E-state index >= 15 is 0 Å². The van der Waals surface area contributed by atoms with Crippen LogP contribution in [0.4, 0.5) is 8.78 Å². The second-order valence-corrected chi connectivity index (χ2v) is 7.78. The number of halogens is 3. The summed E-state index contributed by atoms with van der Waals surface area (Å²) in [6.07, 6.45) is 0. The van der Waals surface area contributed by atoms with Gasteiger partial charge in [-0.3, -0.25) is 4.79 Å². The third-order valence-electron chi connectivity index (χ3n) is 3.81. The largest absolute Gasteiger partial charge is 0.435 e. The highest BCUT2D eigenvalue weighted by atomic mass is 79.9. The Balaban J connectivity index is 1.50. The van der Waals surface area contributed by atoms with Crippen LogP contribution >= 0.6 is 27.7 Å². The summed E-state index contributed by atoms with van der Waals surface area (Å²) in [5, 5.41) is 8.25. The van der Waals surface area contributed by atoms with Crippen LogP contribution in [0.5, 0.6) is 5.75 Å². The second-order valence-electron chi connectivity index (χ2n) is 5.94. The number of rotatable bonds is 8. The van der Waals surface area contributed by atoms with Gasteiger partial charge in [-0.1, -0.05) is 39.8 Å². The zero-order valence-electron chi connectivity index (χ0n) is 15.2. The van der Waals surface area contributed by atoms with E-state index in [0.717, 1.165) is 27.4 Å². The highest BCUT2D eigenvalue weighted by molar-refractivity contribution is 9.10. The monoisotopic (exact) mass is 483 g/mol. The number of aromatic nitrogens is 2. The van der Waals surface area contributed by atoms with Gasteiger partial charge in [0.2, 0.25) is 11.8 Å². The molecule has 2 aromatic carbocycles. The van der Waals surface area contributed by atoms with Crippen molar-refractivity contribution < 1.29 is 22.7 Å². The third-order valence-corrected chi connectivity index (χ3v) is 5.14.